The lowest BCUT2D eigenvalue weighted by atomic mass is 10.2. The van der Waals surface area contributed by atoms with Crippen molar-refractivity contribution in [3.8, 4) is 5.75 Å². The van der Waals surface area contributed by atoms with Crippen molar-refractivity contribution in [1.82, 2.24) is 4.72 Å². The number of sulfonamides is 1. The molecule has 0 aliphatic heterocycles. The van der Waals surface area contributed by atoms with Gasteiger partial charge >= 0.3 is 5.97 Å². The summed E-state index contributed by atoms with van der Waals surface area (Å²) in [6.07, 6.45) is -0.112. The number of carboxylic acid groups (broad SMARTS) is 1. The van der Waals surface area contributed by atoms with E-state index in [2.05, 4.69) is 4.72 Å². The second kappa shape index (κ2) is 7.04. The molecular weight excluding hydrogens is 300 g/mol. The van der Waals surface area contributed by atoms with Crippen LogP contribution in [0.15, 0.2) is 29.2 Å². The Kier molecular flexibility index (Phi) is 5.68. The predicted molar refractivity (Wildman–Crippen MR) is 73.2 cm³/mol. The maximum absolute atomic E-state index is 12.0. The zero-order chi connectivity index (χ0) is 16.0. The minimum Gasteiger partial charge on any atom is -0.482 e. The van der Waals surface area contributed by atoms with Crippen molar-refractivity contribution in [3.63, 3.8) is 0 Å². The van der Waals surface area contributed by atoms with E-state index in [-0.39, 0.29) is 17.1 Å². The number of hydrogen-bond acceptors (Lipinski definition) is 5. The Hall–Kier alpha value is -2.13. The minimum atomic E-state index is -3.78. The lowest BCUT2D eigenvalue weighted by Gasteiger charge is -2.13. The van der Waals surface area contributed by atoms with Gasteiger partial charge in [0.1, 0.15) is 5.75 Å². The summed E-state index contributed by atoms with van der Waals surface area (Å²) >= 11 is 0. The summed E-state index contributed by atoms with van der Waals surface area (Å²) in [5, 5.41) is 8.46. The van der Waals surface area contributed by atoms with Crippen LogP contribution in [0.5, 0.6) is 5.75 Å². The van der Waals surface area contributed by atoms with Crippen molar-refractivity contribution in [2.45, 2.75) is 24.3 Å². The molecule has 0 heterocycles. The molecule has 21 heavy (non-hydrogen) atoms. The SMILES string of the molecule is CC(CC(N)=O)NS(=O)(=O)c1ccc(OCC(=O)O)cc1. The molecule has 1 aromatic carbocycles. The van der Waals surface area contributed by atoms with Gasteiger partial charge in [0.2, 0.25) is 15.9 Å². The molecule has 1 rings (SSSR count). The summed E-state index contributed by atoms with van der Waals surface area (Å²) in [5.41, 5.74) is 4.99. The Balaban J connectivity index is 2.75. The van der Waals surface area contributed by atoms with Crippen LogP contribution in [0.4, 0.5) is 0 Å². The lowest BCUT2D eigenvalue weighted by molar-refractivity contribution is -0.139. The van der Waals surface area contributed by atoms with Crippen LogP contribution in [0.2, 0.25) is 0 Å². The molecule has 4 N–H and O–H groups in total. The lowest BCUT2D eigenvalue weighted by Crippen LogP contribution is -2.35. The molecule has 0 fully saturated rings. The summed E-state index contributed by atoms with van der Waals surface area (Å²) in [5.74, 6) is -1.50. The molecule has 1 atom stereocenters. The Labute approximate surface area is 122 Å². The molecule has 0 saturated carbocycles. The molecule has 0 radical (unpaired) electrons. The molecule has 1 aromatic rings. The quantitative estimate of drug-likeness (QED) is 0.602. The van der Waals surface area contributed by atoms with E-state index in [9.17, 15) is 18.0 Å². The molecule has 0 aliphatic rings. The Morgan fingerprint density at radius 2 is 1.90 bits per heavy atom. The van der Waals surface area contributed by atoms with E-state index in [0.29, 0.717) is 0 Å². The third-order valence-corrected chi connectivity index (χ3v) is 3.97. The Bertz CT molecular complexity index is 611. The van der Waals surface area contributed by atoms with Gasteiger partial charge in [-0.05, 0) is 31.2 Å². The number of ether oxygens (including phenoxy) is 1. The average molecular weight is 316 g/mol. The van der Waals surface area contributed by atoms with E-state index < -0.39 is 34.5 Å². The van der Waals surface area contributed by atoms with Crippen molar-refractivity contribution >= 4 is 21.9 Å². The fourth-order valence-corrected chi connectivity index (χ4v) is 2.78. The fraction of sp³-hybridized carbons (Fsp3) is 0.333. The van der Waals surface area contributed by atoms with Crippen LogP contribution in [0.1, 0.15) is 13.3 Å². The number of carbonyl (C=O) groups is 2. The highest BCUT2D eigenvalue weighted by molar-refractivity contribution is 7.89. The normalized spacial score (nSPS) is 12.6. The molecule has 0 spiro atoms. The number of benzene rings is 1. The summed E-state index contributed by atoms with van der Waals surface area (Å²) in [6.45, 7) is 1.01. The van der Waals surface area contributed by atoms with Crippen LogP contribution in [-0.2, 0) is 19.6 Å². The first-order valence-electron chi connectivity index (χ1n) is 5.96. The van der Waals surface area contributed by atoms with Crippen molar-refractivity contribution in [1.29, 1.82) is 0 Å². The van der Waals surface area contributed by atoms with Crippen LogP contribution < -0.4 is 15.2 Å². The van der Waals surface area contributed by atoms with Crippen molar-refractivity contribution in [2.24, 2.45) is 5.73 Å². The number of aliphatic carboxylic acids is 1. The van der Waals surface area contributed by atoms with Crippen molar-refractivity contribution in [2.75, 3.05) is 6.61 Å². The third-order valence-electron chi connectivity index (χ3n) is 2.36. The fourth-order valence-electron chi connectivity index (χ4n) is 1.54. The van der Waals surface area contributed by atoms with Crippen LogP contribution in [0.25, 0.3) is 0 Å². The molecule has 0 aromatic heterocycles. The van der Waals surface area contributed by atoms with Gasteiger partial charge in [-0.2, -0.15) is 0 Å². The Morgan fingerprint density at radius 3 is 2.38 bits per heavy atom. The van der Waals surface area contributed by atoms with Gasteiger partial charge in [0, 0.05) is 12.5 Å². The van der Waals surface area contributed by atoms with Gasteiger partial charge < -0.3 is 15.6 Å². The van der Waals surface area contributed by atoms with Crippen LogP contribution >= 0.6 is 0 Å². The summed E-state index contributed by atoms with van der Waals surface area (Å²) in [6, 6.07) is 4.61. The van der Waals surface area contributed by atoms with E-state index in [1.165, 1.54) is 31.2 Å². The highest BCUT2D eigenvalue weighted by Gasteiger charge is 2.18. The van der Waals surface area contributed by atoms with Crippen LogP contribution in [0, 0.1) is 0 Å². The van der Waals surface area contributed by atoms with Crippen LogP contribution in [-0.4, -0.2) is 38.0 Å². The number of rotatable bonds is 8. The molecule has 1 amide bonds. The average Bonchev–Trinajstić information content (AvgIpc) is 2.35. The first kappa shape index (κ1) is 16.9. The maximum Gasteiger partial charge on any atom is 0.341 e. The highest BCUT2D eigenvalue weighted by atomic mass is 32.2. The number of nitrogens with two attached hydrogens (primary N) is 1. The van der Waals surface area contributed by atoms with Gasteiger partial charge in [-0.15, -0.1) is 0 Å². The standard InChI is InChI=1S/C12H16N2O6S/c1-8(6-11(13)15)14-21(18,19)10-4-2-9(3-5-10)20-7-12(16)17/h2-5,8,14H,6-7H2,1H3,(H2,13,15)(H,16,17). The number of nitrogens with one attached hydrogen (secondary N) is 1. The molecule has 8 nitrogen and oxygen atoms in total. The molecule has 0 aliphatic carbocycles. The molecule has 0 saturated heterocycles. The smallest absolute Gasteiger partial charge is 0.341 e. The van der Waals surface area contributed by atoms with E-state index in [1.54, 1.807) is 0 Å². The number of primary amides is 1. The first-order chi connectivity index (χ1) is 9.70. The van der Waals surface area contributed by atoms with Crippen molar-refractivity contribution in [3.05, 3.63) is 24.3 Å². The van der Waals surface area contributed by atoms with Gasteiger partial charge in [0.15, 0.2) is 6.61 Å². The summed E-state index contributed by atoms with van der Waals surface area (Å²) in [4.78, 5) is 21.0. The van der Waals surface area contributed by atoms with E-state index >= 15 is 0 Å². The molecule has 116 valence electrons. The third kappa shape index (κ3) is 5.79. The number of hydrogen-bond donors (Lipinski definition) is 3. The summed E-state index contributed by atoms with van der Waals surface area (Å²) < 4.78 is 31.2. The summed E-state index contributed by atoms with van der Waals surface area (Å²) in [7, 11) is -3.78. The van der Waals surface area contributed by atoms with Gasteiger partial charge in [-0.25, -0.2) is 17.9 Å². The Morgan fingerprint density at radius 1 is 1.33 bits per heavy atom. The van der Waals surface area contributed by atoms with E-state index in [4.69, 9.17) is 15.6 Å². The van der Waals surface area contributed by atoms with Gasteiger partial charge in [0.05, 0.1) is 4.90 Å². The maximum atomic E-state index is 12.0. The highest BCUT2D eigenvalue weighted by Crippen LogP contribution is 2.16. The van der Waals surface area contributed by atoms with Crippen LogP contribution in [0.3, 0.4) is 0 Å². The zero-order valence-electron chi connectivity index (χ0n) is 11.3. The number of amides is 1. The second-order valence-electron chi connectivity index (χ2n) is 4.35. The number of carboxylic acids is 1. The van der Waals surface area contributed by atoms with E-state index in [0.717, 1.165) is 0 Å². The molecule has 9 heteroatoms. The van der Waals surface area contributed by atoms with E-state index in [1.807, 2.05) is 0 Å². The van der Waals surface area contributed by atoms with Gasteiger partial charge in [-0.1, -0.05) is 0 Å². The van der Waals surface area contributed by atoms with Crippen molar-refractivity contribution < 1.29 is 27.9 Å². The monoisotopic (exact) mass is 316 g/mol. The zero-order valence-corrected chi connectivity index (χ0v) is 12.1. The number of carbonyl (C=O) groups excluding carboxylic acids is 1. The first-order valence-corrected chi connectivity index (χ1v) is 7.44. The largest absolute Gasteiger partial charge is 0.482 e. The molecule has 0 bridgehead atoms. The van der Waals surface area contributed by atoms with Gasteiger partial charge in [0.25, 0.3) is 0 Å². The topological polar surface area (TPSA) is 136 Å². The predicted octanol–water partition coefficient (Wildman–Crippen LogP) is -0.308. The molecule has 1 unspecified atom stereocenters. The molecular formula is C12H16N2O6S. The second-order valence-corrected chi connectivity index (χ2v) is 6.06. The van der Waals surface area contributed by atoms with Gasteiger partial charge in [-0.3, -0.25) is 4.79 Å². The minimum absolute atomic E-state index is 0.0264.